The first kappa shape index (κ1) is 26.8. The third-order valence-corrected chi connectivity index (χ3v) is 5.46. The lowest BCUT2D eigenvalue weighted by Gasteiger charge is -2.23. The first-order valence-electron chi connectivity index (χ1n) is 11.3. The Labute approximate surface area is 198 Å². The first-order valence-corrected chi connectivity index (χ1v) is 11.3. The van der Waals surface area contributed by atoms with Crippen molar-refractivity contribution in [2.45, 2.75) is 63.7 Å². The van der Waals surface area contributed by atoms with E-state index in [9.17, 15) is 24.3 Å². The maximum Gasteiger partial charge on any atom is 0.326 e. The third kappa shape index (κ3) is 7.56. The van der Waals surface area contributed by atoms with E-state index in [0.717, 1.165) is 16.5 Å². The fraction of sp³-hybridized carbons (Fsp3) is 0.478. The van der Waals surface area contributed by atoms with Gasteiger partial charge in [0.25, 0.3) is 0 Å². The monoisotopic (exact) mass is 474 g/mol. The van der Waals surface area contributed by atoms with Gasteiger partial charge in [0.1, 0.15) is 18.1 Å². The number of carbonyl (C=O) groups excluding carboxylic acids is 3. The zero-order chi connectivity index (χ0) is 25.3. The SMILES string of the molecule is CC(N)C(=O)NC(Cc1c[nH]c2ccccc12)C(=O)NC(C)C(=O)NC(CCCCN)C(=O)O. The summed E-state index contributed by atoms with van der Waals surface area (Å²) < 4.78 is 0. The zero-order valence-corrected chi connectivity index (χ0v) is 19.5. The molecule has 1 aromatic heterocycles. The van der Waals surface area contributed by atoms with Gasteiger partial charge in [-0.1, -0.05) is 18.2 Å². The summed E-state index contributed by atoms with van der Waals surface area (Å²) in [6.45, 7) is 3.38. The summed E-state index contributed by atoms with van der Waals surface area (Å²) in [6, 6.07) is 3.61. The molecule has 0 saturated carbocycles. The van der Waals surface area contributed by atoms with Crippen LogP contribution in [0.5, 0.6) is 0 Å². The number of para-hydroxylation sites is 1. The van der Waals surface area contributed by atoms with E-state index in [4.69, 9.17) is 11.5 Å². The number of carbonyl (C=O) groups is 4. The predicted octanol–water partition coefficient (Wildman–Crippen LogP) is -0.254. The molecule has 11 nitrogen and oxygen atoms in total. The Morgan fingerprint density at radius 3 is 2.29 bits per heavy atom. The van der Waals surface area contributed by atoms with Crippen molar-refractivity contribution in [3.05, 3.63) is 36.0 Å². The number of benzene rings is 1. The lowest BCUT2D eigenvalue weighted by atomic mass is 10.0. The fourth-order valence-corrected chi connectivity index (χ4v) is 3.46. The maximum absolute atomic E-state index is 13.0. The highest BCUT2D eigenvalue weighted by atomic mass is 16.4. The smallest absolute Gasteiger partial charge is 0.326 e. The minimum absolute atomic E-state index is 0.166. The summed E-state index contributed by atoms with van der Waals surface area (Å²) in [5.41, 5.74) is 12.8. The largest absolute Gasteiger partial charge is 0.480 e. The van der Waals surface area contributed by atoms with E-state index in [2.05, 4.69) is 20.9 Å². The molecule has 0 saturated heterocycles. The van der Waals surface area contributed by atoms with Gasteiger partial charge in [-0.25, -0.2) is 4.79 Å². The second-order valence-corrected chi connectivity index (χ2v) is 8.33. The van der Waals surface area contributed by atoms with Crippen molar-refractivity contribution in [3.63, 3.8) is 0 Å². The molecule has 1 heterocycles. The summed E-state index contributed by atoms with van der Waals surface area (Å²) in [6.07, 6.45) is 3.34. The lowest BCUT2D eigenvalue weighted by Crippen LogP contribution is -2.56. The number of aromatic nitrogens is 1. The van der Waals surface area contributed by atoms with Crippen molar-refractivity contribution in [2.24, 2.45) is 11.5 Å². The van der Waals surface area contributed by atoms with Crippen molar-refractivity contribution in [2.75, 3.05) is 6.54 Å². The Bertz CT molecular complexity index is 1000. The van der Waals surface area contributed by atoms with Crippen LogP contribution in [0.4, 0.5) is 0 Å². The summed E-state index contributed by atoms with van der Waals surface area (Å²) >= 11 is 0. The molecule has 11 heteroatoms. The molecular formula is C23H34N6O5. The van der Waals surface area contributed by atoms with Gasteiger partial charge in [-0.05, 0) is 51.3 Å². The van der Waals surface area contributed by atoms with Crippen molar-refractivity contribution in [1.29, 1.82) is 0 Å². The van der Waals surface area contributed by atoms with Crippen LogP contribution in [0.25, 0.3) is 10.9 Å². The van der Waals surface area contributed by atoms with Gasteiger partial charge >= 0.3 is 5.97 Å². The van der Waals surface area contributed by atoms with Crippen LogP contribution in [0.15, 0.2) is 30.5 Å². The molecule has 0 bridgehead atoms. The molecule has 0 fully saturated rings. The number of aromatic amines is 1. The zero-order valence-electron chi connectivity index (χ0n) is 19.5. The topological polar surface area (TPSA) is 192 Å². The molecule has 186 valence electrons. The molecule has 0 aliphatic rings. The summed E-state index contributed by atoms with van der Waals surface area (Å²) in [7, 11) is 0. The highest BCUT2D eigenvalue weighted by Gasteiger charge is 2.28. The van der Waals surface area contributed by atoms with Gasteiger partial charge < -0.3 is 37.5 Å². The average molecular weight is 475 g/mol. The number of carboxylic acids is 1. The Kier molecular flexibility index (Phi) is 10.0. The second-order valence-electron chi connectivity index (χ2n) is 8.33. The van der Waals surface area contributed by atoms with Gasteiger partial charge in [0, 0.05) is 23.5 Å². The second kappa shape index (κ2) is 12.7. The standard InChI is InChI=1S/C23H34N6O5/c1-13(25)20(30)29-19(11-15-12-26-17-8-4-3-7-16(15)17)22(32)27-14(2)21(31)28-18(23(33)34)9-5-6-10-24/h3-4,7-8,12-14,18-19,26H,5-6,9-11,24-25H2,1-2H3,(H,27,32)(H,28,31)(H,29,30)(H,33,34). The number of H-pyrrole nitrogens is 1. The molecule has 4 unspecified atom stereocenters. The molecule has 0 spiro atoms. The highest BCUT2D eigenvalue weighted by Crippen LogP contribution is 2.19. The van der Waals surface area contributed by atoms with Gasteiger partial charge in [0.15, 0.2) is 0 Å². The number of fused-ring (bicyclic) bond motifs is 1. The molecule has 0 aliphatic carbocycles. The quantitative estimate of drug-likeness (QED) is 0.194. The normalized spacial score (nSPS) is 14.6. The van der Waals surface area contributed by atoms with Crippen LogP contribution in [-0.2, 0) is 25.6 Å². The van der Waals surface area contributed by atoms with Gasteiger partial charge in [-0.2, -0.15) is 0 Å². The van der Waals surface area contributed by atoms with Gasteiger partial charge in [0.2, 0.25) is 17.7 Å². The van der Waals surface area contributed by atoms with Crippen LogP contribution in [-0.4, -0.2) is 64.5 Å². The molecule has 34 heavy (non-hydrogen) atoms. The highest BCUT2D eigenvalue weighted by molar-refractivity contribution is 5.94. The molecule has 0 aliphatic heterocycles. The third-order valence-electron chi connectivity index (χ3n) is 5.46. The van der Waals surface area contributed by atoms with Crippen molar-refractivity contribution in [3.8, 4) is 0 Å². The minimum atomic E-state index is -1.16. The average Bonchev–Trinajstić information content (AvgIpc) is 3.20. The van der Waals surface area contributed by atoms with Crippen LogP contribution < -0.4 is 27.4 Å². The number of hydrogen-bond donors (Lipinski definition) is 7. The fourth-order valence-electron chi connectivity index (χ4n) is 3.46. The van der Waals surface area contributed by atoms with E-state index in [-0.39, 0.29) is 12.8 Å². The van der Waals surface area contributed by atoms with Crippen molar-refractivity contribution < 1.29 is 24.3 Å². The van der Waals surface area contributed by atoms with Crippen molar-refractivity contribution >= 4 is 34.6 Å². The molecule has 9 N–H and O–H groups in total. The van der Waals surface area contributed by atoms with Gasteiger partial charge in [0.05, 0.1) is 6.04 Å². The molecular weight excluding hydrogens is 440 g/mol. The Hall–Kier alpha value is -3.44. The molecule has 1 aromatic carbocycles. The van der Waals surface area contributed by atoms with Crippen LogP contribution in [0, 0.1) is 0 Å². The van der Waals surface area contributed by atoms with Crippen molar-refractivity contribution in [1.82, 2.24) is 20.9 Å². The molecule has 3 amide bonds. The summed E-state index contributed by atoms with van der Waals surface area (Å²) in [4.78, 5) is 52.4. The minimum Gasteiger partial charge on any atom is -0.480 e. The van der Waals surface area contributed by atoms with Gasteiger partial charge in [-0.3, -0.25) is 14.4 Å². The van der Waals surface area contributed by atoms with Gasteiger partial charge in [-0.15, -0.1) is 0 Å². The Balaban J connectivity index is 2.10. The number of rotatable bonds is 13. The number of aliphatic carboxylic acids is 1. The van der Waals surface area contributed by atoms with E-state index in [0.29, 0.717) is 19.4 Å². The maximum atomic E-state index is 13.0. The molecule has 2 rings (SSSR count). The van der Waals surface area contributed by atoms with E-state index >= 15 is 0 Å². The molecule has 0 radical (unpaired) electrons. The van der Waals surface area contributed by atoms with E-state index in [1.807, 2.05) is 24.3 Å². The number of nitrogens with one attached hydrogen (secondary N) is 4. The molecule has 2 aromatic rings. The van der Waals surface area contributed by atoms with E-state index < -0.39 is 47.9 Å². The van der Waals surface area contributed by atoms with Crippen LogP contribution >= 0.6 is 0 Å². The first-order chi connectivity index (χ1) is 16.1. The Morgan fingerprint density at radius 2 is 1.65 bits per heavy atom. The number of nitrogens with two attached hydrogens (primary N) is 2. The van der Waals surface area contributed by atoms with E-state index in [1.165, 1.54) is 13.8 Å². The van der Waals surface area contributed by atoms with E-state index in [1.54, 1.807) is 6.20 Å². The number of carboxylic acid groups (broad SMARTS) is 1. The molecule has 4 atom stereocenters. The lowest BCUT2D eigenvalue weighted by molar-refractivity contribution is -0.142. The summed E-state index contributed by atoms with van der Waals surface area (Å²) in [5, 5.41) is 17.9. The summed E-state index contributed by atoms with van der Waals surface area (Å²) in [5.74, 6) is -2.90. The Morgan fingerprint density at radius 1 is 0.971 bits per heavy atom. The number of hydrogen-bond acceptors (Lipinski definition) is 6. The number of unbranched alkanes of at least 4 members (excludes halogenated alkanes) is 1. The van der Waals surface area contributed by atoms with Crippen LogP contribution in [0.3, 0.4) is 0 Å². The number of amides is 3. The van der Waals surface area contributed by atoms with Crippen LogP contribution in [0.2, 0.25) is 0 Å². The predicted molar refractivity (Wildman–Crippen MR) is 128 cm³/mol. The van der Waals surface area contributed by atoms with Crippen LogP contribution in [0.1, 0.15) is 38.7 Å².